The topological polar surface area (TPSA) is 127 Å². The number of carbonyl (C=O) groups is 2. The number of anilines is 1. The van der Waals surface area contributed by atoms with Crippen molar-refractivity contribution in [2.75, 3.05) is 5.73 Å². The van der Waals surface area contributed by atoms with Crippen LogP contribution in [0.25, 0.3) is 0 Å². The number of nitrogens with two attached hydrogens (primary N) is 1. The molecule has 0 aliphatic rings. The number of nitro benzene ring substituents is 1. The summed E-state index contributed by atoms with van der Waals surface area (Å²) >= 11 is 0. The summed E-state index contributed by atoms with van der Waals surface area (Å²) in [6.07, 6.45) is 0. The summed E-state index contributed by atoms with van der Waals surface area (Å²) in [5.41, 5.74) is 8.62. The van der Waals surface area contributed by atoms with Gasteiger partial charge < -0.3 is 5.73 Å². The molecule has 8 nitrogen and oxygen atoms in total. The number of nitrogens with one attached hydrogen (secondary N) is 2. The van der Waals surface area contributed by atoms with Gasteiger partial charge in [-0.25, -0.2) is 4.39 Å². The first-order valence-corrected chi connectivity index (χ1v) is 6.29. The van der Waals surface area contributed by atoms with Gasteiger partial charge in [0, 0.05) is 11.6 Å². The Morgan fingerprint density at radius 3 is 2.39 bits per heavy atom. The van der Waals surface area contributed by atoms with Gasteiger partial charge in [-0.2, -0.15) is 0 Å². The third kappa shape index (κ3) is 3.59. The molecule has 118 valence electrons. The van der Waals surface area contributed by atoms with E-state index in [0.29, 0.717) is 0 Å². The molecule has 0 spiro atoms. The Kier molecular flexibility index (Phi) is 4.50. The predicted molar refractivity (Wildman–Crippen MR) is 78.8 cm³/mol. The minimum Gasteiger partial charge on any atom is -0.393 e. The first kappa shape index (κ1) is 15.9. The van der Waals surface area contributed by atoms with Crippen LogP contribution in [0, 0.1) is 15.9 Å². The molecule has 4 N–H and O–H groups in total. The van der Waals surface area contributed by atoms with Crippen molar-refractivity contribution in [3.05, 3.63) is 69.5 Å². The van der Waals surface area contributed by atoms with Crippen LogP contribution in [0.15, 0.2) is 42.5 Å². The summed E-state index contributed by atoms with van der Waals surface area (Å²) < 4.78 is 13.4. The van der Waals surface area contributed by atoms with Crippen molar-refractivity contribution in [1.29, 1.82) is 0 Å². The van der Waals surface area contributed by atoms with E-state index < -0.39 is 28.2 Å². The summed E-state index contributed by atoms with van der Waals surface area (Å²) in [4.78, 5) is 33.6. The molecule has 2 aromatic carbocycles. The molecule has 0 heterocycles. The number of nitro groups is 1. The van der Waals surface area contributed by atoms with Gasteiger partial charge in [-0.1, -0.05) is 12.1 Å². The van der Waals surface area contributed by atoms with Gasteiger partial charge in [-0.15, -0.1) is 0 Å². The predicted octanol–water partition coefficient (Wildman–Crippen LogP) is 1.39. The van der Waals surface area contributed by atoms with Gasteiger partial charge >= 0.3 is 0 Å². The molecule has 9 heteroatoms. The van der Waals surface area contributed by atoms with Crippen LogP contribution in [0.4, 0.5) is 15.8 Å². The van der Waals surface area contributed by atoms with E-state index in [9.17, 15) is 24.1 Å². The van der Waals surface area contributed by atoms with E-state index in [1.54, 1.807) is 0 Å². The minimum absolute atomic E-state index is 0.0836. The van der Waals surface area contributed by atoms with E-state index in [0.717, 1.165) is 12.1 Å². The third-order valence-corrected chi connectivity index (χ3v) is 2.90. The van der Waals surface area contributed by atoms with Crippen LogP contribution < -0.4 is 16.6 Å². The fourth-order valence-corrected chi connectivity index (χ4v) is 1.74. The number of nitrogens with zero attached hydrogens (tertiary/aromatic N) is 1. The minimum atomic E-state index is -0.860. The number of amides is 2. The van der Waals surface area contributed by atoms with E-state index in [-0.39, 0.29) is 16.8 Å². The van der Waals surface area contributed by atoms with Gasteiger partial charge in [0.25, 0.3) is 17.5 Å². The maximum Gasteiger partial charge on any atom is 0.292 e. The molecule has 0 fully saturated rings. The second-order valence-electron chi connectivity index (χ2n) is 4.42. The molecule has 2 rings (SSSR count). The van der Waals surface area contributed by atoms with E-state index in [4.69, 9.17) is 5.73 Å². The van der Waals surface area contributed by atoms with Crippen LogP contribution in [0.1, 0.15) is 20.7 Å². The first-order chi connectivity index (χ1) is 10.9. The smallest absolute Gasteiger partial charge is 0.292 e. The van der Waals surface area contributed by atoms with Gasteiger partial charge in [-0.05, 0) is 24.3 Å². The average molecular weight is 318 g/mol. The second kappa shape index (κ2) is 6.52. The molecule has 0 aliphatic carbocycles. The van der Waals surface area contributed by atoms with Crippen LogP contribution in [-0.2, 0) is 0 Å². The number of nitrogen functional groups attached to an aromatic ring is 1. The Balaban J connectivity index is 2.08. The number of hydrogen-bond acceptors (Lipinski definition) is 5. The van der Waals surface area contributed by atoms with Crippen molar-refractivity contribution < 1.29 is 18.9 Å². The van der Waals surface area contributed by atoms with Crippen LogP contribution in [0.3, 0.4) is 0 Å². The van der Waals surface area contributed by atoms with Crippen molar-refractivity contribution in [2.45, 2.75) is 0 Å². The Labute approximate surface area is 129 Å². The molecule has 0 unspecified atom stereocenters. The van der Waals surface area contributed by atoms with Gasteiger partial charge in [0.2, 0.25) is 0 Å². The lowest BCUT2D eigenvalue weighted by atomic mass is 10.1. The summed E-state index contributed by atoms with van der Waals surface area (Å²) in [7, 11) is 0. The number of carbonyl (C=O) groups excluding carboxylic acids is 2. The Bertz CT molecular complexity index is 794. The summed E-state index contributed by atoms with van der Waals surface area (Å²) in [6.45, 7) is 0. The Morgan fingerprint density at radius 1 is 1.09 bits per heavy atom. The van der Waals surface area contributed by atoms with Gasteiger partial charge in [0.1, 0.15) is 11.5 Å². The molecule has 2 aromatic rings. The maximum absolute atomic E-state index is 13.4. The van der Waals surface area contributed by atoms with Gasteiger partial charge in [0.15, 0.2) is 0 Å². The summed E-state index contributed by atoms with van der Waals surface area (Å²) in [5, 5.41) is 10.8. The van der Waals surface area contributed by atoms with Gasteiger partial charge in [0.05, 0.1) is 10.5 Å². The van der Waals surface area contributed by atoms with Gasteiger partial charge in [-0.3, -0.25) is 30.6 Å². The first-order valence-electron chi connectivity index (χ1n) is 6.29. The number of hydrazine groups is 1. The zero-order chi connectivity index (χ0) is 17.0. The quantitative estimate of drug-likeness (QED) is 0.447. The fraction of sp³-hybridized carbons (Fsp3) is 0. The van der Waals surface area contributed by atoms with Crippen LogP contribution >= 0.6 is 0 Å². The lowest BCUT2D eigenvalue weighted by molar-refractivity contribution is -0.383. The molecule has 2 amide bonds. The molecular formula is C14H11FN4O4. The SMILES string of the molecule is Nc1ccc(C(=O)NNC(=O)c2ccccc2F)cc1[N+](=O)[O-]. The number of hydrogen-bond donors (Lipinski definition) is 3. The zero-order valence-corrected chi connectivity index (χ0v) is 11.6. The number of rotatable bonds is 3. The molecule has 0 saturated carbocycles. The highest BCUT2D eigenvalue weighted by Gasteiger charge is 2.17. The van der Waals surface area contributed by atoms with Crippen molar-refractivity contribution >= 4 is 23.2 Å². The standard InChI is InChI=1S/C14H11FN4O4/c15-10-4-2-1-3-9(10)14(21)18-17-13(20)8-5-6-11(16)12(7-8)19(22)23/h1-7H,16H2,(H,17,20)(H,18,21). The molecule has 23 heavy (non-hydrogen) atoms. The van der Waals surface area contributed by atoms with Crippen molar-refractivity contribution in [3.8, 4) is 0 Å². The monoisotopic (exact) mass is 318 g/mol. The highest BCUT2D eigenvalue weighted by Crippen LogP contribution is 2.22. The molecule has 0 aliphatic heterocycles. The van der Waals surface area contributed by atoms with E-state index in [2.05, 4.69) is 0 Å². The number of benzene rings is 2. The van der Waals surface area contributed by atoms with Crippen LogP contribution in [0.5, 0.6) is 0 Å². The molecule has 0 aromatic heterocycles. The summed E-state index contributed by atoms with van der Waals surface area (Å²) in [6, 6.07) is 8.64. The van der Waals surface area contributed by atoms with Crippen LogP contribution in [-0.4, -0.2) is 16.7 Å². The highest BCUT2D eigenvalue weighted by molar-refractivity contribution is 5.99. The second-order valence-corrected chi connectivity index (χ2v) is 4.42. The molecule has 0 atom stereocenters. The van der Waals surface area contributed by atoms with E-state index in [1.165, 1.54) is 30.3 Å². The molecule has 0 saturated heterocycles. The highest BCUT2D eigenvalue weighted by atomic mass is 19.1. The fourth-order valence-electron chi connectivity index (χ4n) is 1.74. The third-order valence-electron chi connectivity index (χ3n) is 2.90. The molecule has 0 radical (unpaired) electrons. The lowest BCUT2D eigenvalue weighted by Crippen LogP contribution is -2.41. The summed E-state index contributed by atoms with van der Waals surface area (Å²) in [5.74, 6) is -2.42. The van der Waals surface area contributed by atoms with Crippen molar-refractivity contribution in [2.24, 2.45) is 0 Å². The van der Waals surface area contributed by atoms with Crippen molar-refractivity contribution in [1.82, 2.24) is 10.9 Å². The number of halogens is 1. The maximum atomic E-state index is 13.4. The molecular weight excluding hydrogens is 307 g/mol. The van der Waals surface area contributed by atoms with E-state index >= 15 is 0 Å². The molecule has 0 bridgehead atoms. The Morgan fingerprint density at radius 2 is 1.74 bits per heavy atom. The largest absolute Gasteiger partial charge is 0.393 e. The zero-order valence-electron chi connectivity index (χ0n) is 11.6. The average Bonchev–Trinajstić information content (AvgIpc) is 2.52. The normalized spacial score (nSPS) is 9.96. The van der Waals surface area contributed by atoms with E-state index in [1.807, 2.05) is 10.9 Å². The Hall–Kier alpha value is -3.49. The lowest BCUT2D eigenvalue weighted by Gasteiger charge is -2.08. The van der Waals surface area contributed by atoms with Crippen molar-refractivity contribution in [3.63, 3.8) is 0 Å². The van der Waals surface area contributed by atoms with Crippen LogP contribution in [0.2, 0.25) is 0 Å².